The summed E-state index contributed by atoms with van der Waals surface area (Å²) in [6.45, 7) is 0.540. The molecule has 0 aromatic carbocycles. The van der Waals surface area contributed by atoms with Crippen LogP contribution in [0.1, 0.15) is 64.2 Å². The van der Waals surface area contributed by atoms with E-state index in [4.69, 9.17) is 0 Å². The second-order valence-corrected chi connectivity index (χ2v) is 6.94. The van der Waals surface area contributed by atoms with Gasteiger partial charge in [0.15, 0.2) is 0 Å². The minimum Gasteiger partial charge on any atom is -0.393 e. The number of nitrogens with zero attached hydrogens (tertiary/aromatic N) is 1. The van der Waals surface area contributed by atoms with Crippen molar-refractivity contribution < 1.29 is 9.90 Å². The molecule has 2 heterocycles. The first-order valence-corrected chi connectivity index (χ1v) is 8.45. The molecule has 0 aromatic rings. The largest absolute Gasteiger partial charge is 0.393 e. The predicted molar refractivity (Wildman–Crippen MR) is 78.4 cm³/mol. The van der Waals surface area contributed by atoms with Crippen LogP contribution in [0.15, 0.2) is 0 Å². The molecule has 0 spiro atoms. The van der Waals surface area contributed by atoms with Crippen molar-refractivity contribution in [3.05, 3.63) is 0 Å². The van der Waals surface area contributed by atoms with Gasteiger partial charge in [0.2, 0.25) is 5.91 Å². The number of hydrogen-bond acceptors (Lipinski definition) is 3. The van der Waals surface area contributed by atoms with E-state index in [1.165, 1.54) is 25.7 Å². The second kappa shape index (κ2) is 6.44. The number of nitrogens with one attached hydrogen (secondary N) is 1. The first kappa shape index (κ1) is 14.3. The van der Waals surface area contributed by atoms with E-state index in [0.29, 0.717) is 24.7 Å². The molecule has 0 radical (unpaired) electrons. The first-order chi connectivity index (χ1) is 9.72. The summed E-state index contributed by atoms with van der Waals surface area (Å²) < 4.78 is 0. The van der Waals surface area contributed by atoms with Crippen molar-refractivity contribution in [2.24, 2.45) is 0 Å². The van der Waals surface area contributed by atoms with Gasteiger partial charge < -0.3 is 10.4 Å². The Balaban J connectivity index is 1.49. The Morgan fingerprint density at radius 2 is 1.60 bits per heavy atom. The fourth-order valence-electron chi connectivity index (χ4n) is 4.37. The summed E-state index contributed by atoms with van der Waals surface area (Å²) in [7, 11) is 0. The lowest BCUT2D eigenvalue weighted by Crippen LogP contribution is -2.50. The third-order valence-electron chi connectivity index (χ3n) is 5.41. The summed E-state index contributed by atoms with van der Waals surface area (Å²) >= 11 is 0. The van der Waals surface area contributed by atoms with Gasteiger partial charge in [-0.2, -0.15) is 0 Å². The molecule has 3 fully saturated rings. The molecule has 4 nitrogen and oxygen atoms in total. The molecule has 20 heavy (non-hydrogen) atoms. The van der Waals surface area contributed by atoms with Crippen molar-refractivity contribution in [2.75, 3.05) is 6.54 Å². The lowest BCUT2D eigenvalue weighted by atomic mass is 10.00. The Labute approximate surface area is 121 Å². The van der Waals surface area contributed by atoms with Gasteiger partial charge in [-0.15, -0.1) is 0 Å². The van der Waals surface area contributed by atoms with Crippen LogP contribution in [0.4, 0.5) is 0 Å². The average molecular weight is 280 g/mol. The molecule has 1 aliphatic carbocycles. The standard InChI is InChI=1S/C16H28N2O2/c19-15-9-13-7-8-14(10-15)18(13)11-16(20)17-12-5-3-1-2-4-6-12/h12-15,19H,1-11H2,(H,17,20). The van der Waals surface area contributed by atoms with E-state index in [-0.39, 0.29) is 12.0 Å². The van der Waals surface area contributed by atoms with E-state index in [1.807, 2.05) is 0 Å². The fraction of sp³-hybridized carbons (Fsp3) is 0.938. The molecule has 2 saturated heterocycles. The van der Waals surface area contributed by atoms with Crippen LogP contribution in [-0.2, 0) is 4.79 Å². The highest BCUT2D eigenvalue weighted by Gasteiger charge is 2.40. The summed E-state index contributed by atoms with van der Waals surface area (Å²) in [6.07, 6.45) is 11.3. The minimum atomic E-state index is -0.145. The number of amides is 1. The number of piperidine rings is 1. The van der Waals surface area contributed by atoms with Crippen molar-refractivity contribution in [1.82, 2.24) is 10.2 Å². The van der Waals surface area contributed by atoms with E-state index < -0.39 is 0 Å². The van der Waals surface area contributed by atoms with Gasteiger partial charge in [0.1, 0.15) is 0 Å². The summed E-state index contributed by atoms with van der Waals surface area (Å²) in [5.41, 5.74) is 0. The van der Waals surface area contributed by atoms with Gasteiger partial charge in [0, 0.05) is 18.1 Å². The van der Waals surface area contributed by atoms with Gasteiger partial charge in [0.05, 0.1) is 12.6 Å². The molecule has 114 valence electrons. The molecule has 4 heteroatoms. The predicted octanol–water partition coefficient (Wildman–Crippen LogP) is 1.81. The molecule has 2 bridgehead atoms. The van der Waals surface area contributed by atoms with Gasteiger partial charge in [-0.05, 0) is 38.5 Å². The molecule has 2 unspecified atom stereocenters. The van der Waals surface area contributed by atoms with Gasteiger partial charge >= 0.3 is 0 Å². The normalized spacial score (nSPS) is 35.8. The molecule has 2 atom stereocenters. The molecule has 1 amide bonds. The SMILES string of the molecule is O=C(CN1C2CCC1CC(O)C2)NC1CCCCCC1. The Hall–Kier alpha value is -0.610. The topological polar surface area (TPSA) is 52.6 Å². The van der Waals surface area contributed by atoms with E-state index in [9.17, 15) is 9.90 Å². The number of hydrogen-bond donors (Lipinski definition) is 2. The molecular weight excluding hydrogens is 252 g/mol. The maximum Gasteiger partial charge on any atom is 0.234 e. The Morgan fingerprint density at radius 3 is 2.20 bits per heavy atom. The summed E-state index contributed by atoms with van der Waals surface area (Å²) in [4.78, 5) is 14.6. The van der Waals surface area contributed by atoms with Crippen LogP contribution >= 0.6 is 0 Å². The van der Waals surface area contributed by atoms with Gasteiger partial charge in [-0.1, -0.05) is 25.7 Å². The Kier molecular flexibility index (Phi) is 4.61. The third kappa shape index (κ3) is 3.34. The van der Waals surface area contributed by atoms with Crippen LogP contribution in [0.5, 0.6) is 0 Å². The molecular formula is C16H28N2O2. The highest BCUT2D eigenvalue weighted by molar-refractivity contribution is 5.78. The lowest BCUT2D eigenvalue weighted by Gasteiger charge is -2.36. The van der Waals surface area contributed by atoms with E-state index >= 15 is 0 Å². The second-order valence-electron chi connectivity index (χ2n) is 6.94. The minimum absolute atomic E-state index is 0.145. The van der Waals surface area contributed by atoms with Crippen molar-refractivity contribution in [1.29, 1.82) is 0 Å². The number of carbonyl (C=O) groups is 1. The molecule has 2 N–H and O–H groups in total. The maximum absolute atomic E-state index is 12.3. The van der Waals surface area contributed by atoms with Crippen LogP contribution in [0.2, 0.25) is 0 Å². The molecule has 1 saturated carbocycles. The molecule has 0 aromatic heterocycles. The summed E-state index contributed by atoms with van der Waals surface area (Å²) in [6, 6.07) is 1.27. The van der Waals surface area contributed by atoms with Crippen LogP contribution < -0.4 is 5.32 Å². The summed E-state index contributed by atoms with van der Waals surface area (Å²) in [5, 5.41) is 13.1. The number of aliphatic hydroxyl groups is 1. The number of aliphatic hydroxyl groups excluding tert-OH is 1. The zero-order valence-electron chi connectivity index (χ0n) is 12.4. The monoisotopic (exact) mass is 280 g/mol. The Morgan fingerprint density at radius 1 is 1.00 bits per heavy atom. The zero-order valence-corrected chi connectivity index (χ0v) is 12.4. The maximum atomic E-state index is 12.3. The van der Waals surface area contributed by atoms with Crippen molar-refractivity contribution >= 4 is 5.91 Å². The highest BCUT2D eigenvalue weighted by Crippen LogP contribution is 2.35. The Bertz CT molecular complexity index is 325. The van der Waals surface area contributed by atoms with Gasteiger partial charge in [-0.25, -0.2) is 0 Å². The van der Waals surface area contributed by atoms with Crippen LogP contribution in [-0.4, -0.2) is 46.7 Å². The number of carbonyl (C=O) groups excluding carboxylic acids is 1. The molecule has 2 aliphatic heterocycles. The van der Waals surface area contributed by atoms with Crippen molar-refractivity contribution in [2.45, 2.75) is 88.4 Å². The van der Waals surface area contributed by atoms with Crippen molar-refractivity contribution in [3.63, 3.8) is 0 Å². The van der Waals surface area contributed by atoms with Gasteiger partial charge in [0.25, 0.3) is 0 Å². The number of fused-ring (bicyclic) bond motifs is 2. The number of rotatable bonds is 3. The highest BCUT2D eigenvalue weighted by atomic mass is 16.3. The quantitative estimate of drug-likeness (QED) is 0.775. The van der Waals surface area contributed by atoms with Crippen LogP contribution in [0.25, 0.3) is 0 Å². The lowest BCUT2D eigenvalue weighted by molar-refractivity contribution is -0.124. The van der Waals surface area contributed by atoms with Crippen LogP contribution in [0.3, 0.4) is 0 Å². The van der Waals surface area contributed by atoms with Crippen molar-refractivity contribution in [3.8, 4) is 0 Å². The third-order valence-corrected chi connectivity index (χ3v) is 5.41. The van der Waals surface area contributed by atoms with E-state index in [0.717, 1.165) is 38.5 Å². The smallest absolute Gasteiger partial charge is 0.234 e. The van der Waals surface area contributed by atoms with E-state index in [1.54, 1.807) is 0 Å². The van der Waals surface area contributed by atoms with Crippen LogP contribution in [0, 0.1) is 0 Å². The molecule has 3 rings (SSSR count). The zero-order chi connectivity index (χ0) is 13.9. The fourth-order valence-corrected chi connectivity index (χ4v) is 4.37. The van der Waals surface area contributed by atoms with Gasteiger partial charge in [-0.3, -0.25) is 9.69 Å². The van der Waals surface area contributed by atoms with E-state index in [2.05, 4.69) is 10.2 Å². The first-order valence-electron chi connectivity index (χ1n) is 8.45. The average Bonchev–Trinajstić information content (AvgIpc) is 2.64. The summed E-state index contributed by atoms with van der Waals surface area (Å²) in [5.74, 6) is 0.199. The molecule has 3 aliphatic rings.